The van der Waals surface area contributed by atoms with E-state index in [2.05, 4.69) is 15.6 Å². The first-order chi connectivity index (χ1) is 8.82. The van der Waals surface area contributed by atoms with Crippen molar-refractivity contribution in [2.24, 2.45) is 0 Å². The number of urea groups is 1. The Morgan fingerprint density at radius 2 is 2.11 bits per heavy atom. The van der Waals surface area contributed by atoms with Crippen molar-refractivity contribution in [1.82, 2.24) is 10.3 Å². The molecule has 0 aliphatic heterocycles. The molecule has 19 heavy (non-hydrogen) atoms. The Balaban J connectivity index is 2.45. The third kappa shape index (κ3) is 5.25. The highest BCUT2D eigenvalue weighted by molar-refractivity contribution is 7.13. The Morgan fingerprint density at radius 3 is 2.63 bits per heavy atom. The number of hydrogen-bond donors (Lipinski definition) is 2. The molecule has 0 spiro atoms. The highest BCUT2D eigenvalue weighted by atomic mass is 32.1. The predicted octanol–water partition coefficient (Wildman–Crippen LogP) is 2.13. The van der Waals surface area contributed by atoms with E-state index in [9.17, 15) is 9.59 Å². The number of anilines is 1. The van der Waals surface area contributed by atoms with Crippen LogP contribution in [0.1, 0.15) is 33.4 Å². The molecule has 0 fully saturated rings. The van der Waals surface area contributed by atoms with Crippen LogP contribution in [0, 0.1) is 0 Å². The molecule has 2 amide bonds. The summed E-state index contributed by atoms with van der Waals surface area (Å²) in [5.74, 6) is -0.466. The summed E-state index contributed by atoms with van der Waals surface area (Å²) in [6.07, 6.45) is 0. The molecule has 1 aromatic rings. The van der Waals surface area contributed by atoms with Gasteiger partial charge in [-0.2, -0.15) is 0 Å². The predicted molar refractivity (Wildman–Crippen MR) is 74.5 cm³/mol. The molecule has 7 heteroatoms. The molecule has 0 aliphatic rings. The fourth-order valence-electron chi connectivity index (χ4n) is 1.18. The van der Waals surface area contributed by atoms with E-state index in [4.69, 9.17) is 4.74 Å². The first-order valence-corrected chi connectivity index (χ1v) is 6.87. The summed E-state index contributed by atoms with van der Waals surface area (Å²) >= 11 is 1.35. The minimum absolute atomic E-state index is 0.0577. The smallest absolute Gasteiger partial charge is 0.325 e. The van der Waals surface area contributed by atoms with Gasteiger partial charge >= 0.3 is 12.0 Å². The van der Waals surface area contributed by atoms with Crippen LogP contribution in [0.3, 0.4) is 0 Å². The van der Waals surface area contributed by atoms with Gasteiger partial charge in [-0.15, -0.1) is 11.3 Å². The number of rotatable bonds is 4. The van der Waals surface area contributed by atoms with Crippen molar-refractivity contribution in [3.63, 3.8) is 0 Å². The van der Waals surface area contributed by atoms with E-state index in [1.54, 1.807) is 6.92 Å². The summed E-state index contributed by atoms with van der Waals surface area (Å²) in [6, 6.07) is -0.470. The van der Waals surface area contributed by atoms with Crippen LogP contribution in [-0.4, -0.2) is 30.1 Å². The van der Waals surface area contributed by atoms with Crippen molar-refractivity contribution < 1.29 is 14.3 Å². The number of thiazole rings is 1. The van der Waals surface area contributed by atoms with E-state index in [0.717, 1.165) is 5.69 Å². The molecular formula is C12H19N3O3S. The van der Waals surface area contributed by atoms with Gasteiger partial charge in [-0.25, -0.2) is 9.78 Å². The van der Waals surface area contributed by atoms with Crippen molar-refractivity contribution in [2.45, 2.75) is 33.1 Å². The molecule has 1 aromatic heterocycles. The van der Waals surface area contributed by atoms with E-state index >= 15 is 0 Å². The van der Waals surface area contributed by atoms with Crippen molar-refractivity contribution >= 4 is 28.5 Å². The van der Waals surface area contributed by atoms with Crippen molar-refractivity contribution in [2.75, 3.05) is 18.5 Å². The van der Waals surface area contributed by atoms with Gasteiger partial charge in [-0.1, -0.05) is 20.8 Å². The number of esters is 1. The minimum atomic E-state index is -0.470. The second-order valence-electron chi connectivity index (χ2n) is 4.90. The number of carbonyl (C=O) groups excluding carboxylic acids is 2. The number of hydrogen-bond acceptors (Lipinski definition) is 5. The number of nitrogens with zero attached hydrogens (tertiary/aromatic N) is 1. The molecule has 1 rings (SSSR count). The SMILES string of the molecule is CCOC(=O)CNC(=O)Nc1nc(C(C)(C)C)cs1. The lowest BCUT2D eigenvalue weighted by Gasteiger charge is -2.14. The van der Waals surface area contributed by atoms with Crippen LogP contribution < -0.4 is 10.6 Å². The lowest BCUT2D eigenvalue weighted by Crippen LogP contribution is -2.34. The monoisotopic (exact) mass is 285 g/mol. The van der Waals surface area contributed by atoms with E-state index in [0.29, 0.717) is 11.7 Å². The van der Waals surface area contributed by atoms with Crippen LogP contribution in [0.2, 0.25) is 0 Å². The van der Waals surface area contributed by atoms with Crippen LogP contribution in [0.4, 0.5) is 9.93 Å². The Labute approximate surface area is 116 Å². The first-order valence-electron chi connectivity index (χ1n) is 5.99. The van der Waals surface area contributed by atoms with Crippen LogP contribution >= 0.6 is 11.3 Å². The van der Waals surface area contributed by atoms with E-state index < -0.39 is 12.0 Å². The van der Waals surface area contributed by atoms with Gasteiger partial charge in [0.05, 0.1) is 12.3 Å². The average Bonchev–Trinajstić information content (AvgIpc) is 2.75. The third-order valence-electron chi connectivity index (χ3n) is 2.19. The fourth-order valence-corrected chi connectivity index (χ4v) is 2.11. The second-order valence-corrected chi connectivity index (χ2v) is 5.76. The second kappa shape index (κ2) is 6.51. The summed E-state index contributed by atoms with van der Waals surface area (Å²) < 4.78 is 4.70. The van der Waals surface area contributed by atoms with Gasteiger partial charge in [0.15, 0.2) is 5.13 Å². The van der Waals surface area contributed by atoms with Gasteiger partial charge in [0, 0.05) is 10.8 Å². The summed E-state index contributed by atoms with van der Waals surface area (Å²) in [6.45, 7) is 7.99. The van der Waals surface area contributed by atoms with Gasteiger partial charge in [-0.05, 0) is 6.92 Å². The van der Waals surface area contributed by atoms with Crippen molar-refractivity contribution in [3.05, 3.63) is 11.1 Å². The largest absolute Gasteiger partial charge is 0.465 e. The maximum Gasteiger partial charge on any atom is 0.325 e. The average molecular weight is 285 g/mol. The zero-order chi connectivity index (χ0) is 14.5. The maximum atomic E-state index is 11.5. The van der Waals surface area contributed by atoms with Gasteiger partial charge < -0.3 is 10.1 Å². The lowest BCUT2D eigenvalue weighted by molar-refractivity contribution is -0.141. The number of nitrogens with one attached hydrogen (secondary N) is 2. The zero-order valence-corrected chi connectivity index (χ0v) is 12.4. The summed E-state index contributed by atoms with van der Waals surface area (Å²) in [7, 11) is 0. The van der Waals surface area contributed by atoms with Gasteiger partial charge in [0.1, 0.15) is 6.54 Å². The highest BCUT2D eigenvalue weighted by Crippen LogP contribution is 2.26. The van der Waals surface area contributed by atoms with Crippen LogP contribution in [0.15, 0.2) is 5.38 Å². The van der Waals surface area contributed by atoms with E-state index in [1.165, 1.54) is 11.3 Å². The van der Waals surface area contributed by atoms with Crippen molar-refractivity contribution in [3.8, 4) is 0 Å². The van der Waals surface area contributed by atoms with Crippen molar-refractivity contribution in [1.29, 1.82) is 0 Å². The Bertz CT molecular complexity index is 451. The molecule has 0 saturated carbocycles. The summed E-state index contributed by atoms with van der Waals surface area (Å²) in [4.78, 5) is 26.9. The molecule has 0 aliphatic carbocycles. The van der Waals surface area contributed by atoms with Gasteiger partial charge in [0.2, 0.25) is 0 Å². The van der Waals surface area contributed by atoms with E-state index in [1.807, 2.05) is 26.2 Å². The van der Waals surface area contributed by atoms with Crippen LogP contribution in [-0.2, 0) is 14.9 Å². The quantitative estimate of drug-likeness (QED) is 0.830. The highest BCUT2D eigenvalue weighted by Gasteiger charge is 2.18. The van der Waals surface area contributed by atoms with Gasteiger partial charge in [0.25, 0.3) is 0 Å². The minimum Gasteiger partial charge on any atom is -0.465 e. The molecule has 0 bridgehead atoms. The normalized spacial score (nSPS) is 10.9. The van der Waals surface area contributed by atoms with Crippen LogP contribution in [0.5, 0.6) is 0 Å². The molecular weight excluding hydrogens is 266 g/mol. The molecule has 1 heterocycles. The first kappa shape index (κ1) is 15.4. The summed E-state index contributed by atoms with van der Waals surface area (Å²) in [5, 5.41) is 7.40. The molecule has 0 radical (unpaired) electrons. The maximum absolute atomic E-state index is 11.5. The fraction of sp³-hybridized carbons (Fsp3) is 0.583. The molecule has 0 aromatic carbocycles. The van der Waals surface area contributed by atoms with Gasteiger partial charge in [-0.3, -0.25) is 10.1 Å². The zero-order valence-electron chi connectivity index (χ0n) is 11.6. The summed E-state index contributed by atoms with van der Waals surface area (Å²) in [5.41, 5.74) is 0.857. The lowest BCUT2D eigenvalue weighted by atomic mass is 9.93. The molecule has 0 atom stereocenters. The third-order valence-corrected chi connectivity index (χ3v) is 2.95. The molecule has 2 N–H and O–H groups in total. The number of amides is 2. The number of carbonyl (C=O) groups is 2. The number of ether oxygens (including phenoxy) is 1. The molecule has 6 nitrogen and oxygen atoms in total. The standard InChI is InChI=1S/C12H19N3O3S/c1-5-18-9(16)6-13-10(17)15-11-14-8(7-19-11)12(2,3)4/h7H,5-6H2,1-4H3,(H2,13,14,15,17). The topological polar surface area (TPSA) is 80.3 Å². The number of aromatic nitrogens is 1. The molecule has 106 valence electrons. The van der Waals surface area contributed by atoms with E-state index in [-0.39, 0.29) is 12.0 Å². The molecule has 0 saturated heterocycles. The molecule has 0 unspecified atom stereocenters. The Hall–Kier alpha value is -1.63. The Morgan fingerprint density at radius 1 is 1.42 bits per heavy atom. The van der Waals surface area contributed by atoms with Crippen LogP contribution in [0.25, 0.3) is 0 Å². The Kier molecular flexibility index (Phi) is 5.29.